The normalized spacial score (nSPS) is 9.86. The first kappa shape index (κ1) is 10.9. The van der Waals surface area contributed by atoms with Crippen LogP contribution in [-0.4, -0.2) is 22.2 Å². The van der Waals surface area contributed by atoms with Crippen LogP contribution in [0.25, 0.3) is 0 Å². The molecule has 0 atom stereocenters. The molecule has 6 heteroatoms. The third kappa shape index (κ3) is 2.00. The number of carboxylic acid groups (broad SMARTS) is 2. The van der Waals surface area contributed by atoms with Crippen molar-refractivity contribution in [3.8, 4) is 0 Å². The fourth-order valence-corrected chi connectivity index (χ4v) is 1.37. The van der Waals surface area contributed by atoms with Gasteiger partial charge in [-0.05, 0) is 34.7 Å². The average Bonchev–Trinajstić information content (AvgIpc) is 2.08. The fourth-order valence-electron chi connectivity index (χ4n) is 0.901. The Labute approximate surface area is 91.5 Å². The van der Waals surface area contributed by atoms with E-state index in [9.17, 15) is 14.0 Å². The standard InChI is InChI=1S/C8H4FIO4/c9-5-1-3(7(11)12)4(8(13)14)2-6(5)10/h1-2H,(H,11,12)(H,13,14). The van der Waals surface area contributed by atoms with Crippen molar-refractivity contribution in [3.05, 3.63) is 32.6 Å². The maximum absolute atomic E-state index is 12.9. The molecule has 4 nitrogen and oxygen atoms in total. The van der Waals surface area contributed by atoms with Gasteiger partial charge >= 0.3 is 11.9 Å². The minimum absolute atomic E-state index is 0.0741. The summed E-state index contributed by atoms with van der Waals surface area (Å²) < 4.78 is 13.0. The molecule has 1 aromatic carbocycles. The molecular weight excluding hydrogens is 306 g/mol. The molecule has 1 rings (SSSR count). The van der Waals surface area contributed by atoms with E-state index < -0.39 is 28.9 Å². The van der Waals surface area contributed by atoms with E-state index >= 15 is 0 Å². The van der Waals surface area contributed by atoms with Crippen LogP contribution in [0.3, 0.4) is 0 Å². The predicted octanol–water partition coefficient (Wildman–Crippen LogP) is 1.83. The predicted molar refractivity (Wildman–Crippen MR) is 53.0 cm³/mol. The minimum atomic E-state index is -1.46. The topological polar surface area (TPSA) is 74.6 Å². The zero-order valence-electron chi connectivity index (χ0n) is 6.62. The zero-order valence-corrected chi connectivity index (χ0v) is 8.78. The molecule has 0 fully saturated rings. The van der Waals surface area contributed by atoms with E-state index in [0.29, 0.717) is 6.07 Å². The smallest absolute Gasteiger partial charge is 0.336 e. The average molecular weight is 310 g/mol. The molecule has 0 unspecified atom stereocenters. The van der Waals surface area contributed by atoms with Gasteiger partial charge in [-0.1, -0.05) is 0 Å². The van der Waals surface area contributed by atoms with Crippen molar-refractivity contribution in [3.63, 3.8) is 0 Å². The van der Waals surface area contributed by atoms with Crippen molar-refractivity contribution in [1.82, 2.24) is 0 Å². The third-order valence-electron chi connectivity index (χ3n) is 1.52. The Bertz CT molecular complexity index is 377. The monoisotopic (exact) mass is 310 g/mol. The maximum atomic E-state index is 12.9. The number of carboxylic acids is 2. The summed E-state index contributed by atoms with van der Waals surface area (Å²) in [7, 11) is 0. The highest BCUT2D eigenvalue weighted by atomic mass is 127. The Hall–Kier alpha value is -1.18. The lowest BCUT2D eigenvalue weighted by molar-refractivity contribution is 0.0651. The van der Waals surface area contributed by atoms with Crippen molar-refractivity contribution in [1.29, 1.82) is 0 Å². The molecule has 0 saturated heterocycles. The van der Waals surface area contributed by atoms with Gasteiger partial charge in [0.05, 0.1) is 11.1 Å². The van der Waals surface area contributed by atoms with E-state index in [4.69, 9.17) is 10.2 Å². The molecule has 74 valence electrons. The Balaban J connectivity index is 3.46. The molecule has 0 bridgehead atoms. The lowest BCUT2D eigenvalue weighted by Crippen LogP contribution is -2.09. The van der Waals surface area contributed by atoms with Crippen molar-refractivity contribution in [2.45, 2.75) is 0 Å². The van der Waals surface area contributed by atoms with Gasteiger partial charge in [-0.3, -0.25) is 0 Å². The second-order valence-corrected chi connectivity index (χ2v) is 3.58. The van der Waals surface area contributed by atoms with Gasteiger partial charge < -0.3 is 10.2 Å². The van der Waals surface area contributed by atoms with Crippen LogP contribution in [0.5, 0.6) is 0 Å². The Morgan fingerprint density at radius 1 is 1.14 bits per heavy atom. The lowest BCUT2D eigenvalue weighted by atomic mass is 10.1. The summed E-state index contributed by atoms with van der Waals surface area (Å²) in [4.78, 5) is 21.2. The number of hydrogen-bond donors (Lipinski definition) is 2. The van der Waals surface area contributed by atoms with Crippen LogP contribution in [-0.2, 0) is 0 Å². The highest BCUT2D eigenvalue weighted by Gasteiger charge is 2.18. The summed E-state index contributed by atoms with van der Waals surface area (Å²) in [5.74, 6) is -3.59. The highest BCUT2D eigenvalue weighted by molar-refractivity contribution is 14.1. The molecule has 0 aliphatic carbocycles. The van der Waals surface area contributed by atoms with Crippen LogP contribution < -0.4 is 0 Å². The summed E-state index contributed by atoms with van der Waals surface area (Å²) in [5, 5.41) is 17.2. The molecule has 0 saturated carbocycles. The van der Waals surface area contributed by atoms with E-state index in [1.54, 1.807) is 22.6 Å². The first-order valence-electron chi connectivity index (χ1n) is 3.39. The fraction of sp³-hybridized carbons (Fsp3) is 0. The van der Waals surface area contributed by atoms with E-state index in [1.807, 2.05) is 0 Å². The van der Waals surface area contributed by atoms with Gasteiger partial charge in [0, 0.05) is 3.57 Å². The summed E-state index contributed by atoms with van der Waals surface area (Å²) in [6.07, 6.45) is 0. The summed E-state index contributed by atoms with van der Waals surface area (Å²) in [5.41, 5.74) is -0.960. The van der Waals surface area contributed by atoms with E-state index in [1.165, 1.54) is 0 Å². The van der Waals surface area contributed by atoms with Crippen LogP contribution in [0.15, 0.2) is 12.1 Å². The number of carbonyl (C=O) groups is 2. The lowest BCUT2D eigenvalue weighted by Gasteiger charge is -2.02. The van der Waals surface area contributed by atoms with Crippen LogP contribution >= 0.6 is 22.6 Å². The minimum Gasteiger partial charge on any atom is -0.478 e. The van der Waals surface area contributed by atoms with Gasteiger partial charge in [0.1, 0.15) is 5.82 Å². The molecular formula is C8H4FIO4. The molecule has 0 heterocycles. The molecule has 0 aromatic heterocycles. The van der Waals surface area contributed by atoms with Crippen molar-refractivity contribution in [2.24, 2.45) is 0 Å². The van der Waals surface area contributed by atoms with Gasteiger partial charge in [0.15, 0.2) is 0 Å². The first-order valence-corrected chi connectivity index (χ1v) is 4.47. The van der Waals surface area contributed by atoms with Gasteiger partial charge in [-0.2, -0.15) is 0 Å². The van der Waals surface area contributed by atoms with E-state index in [0.717, 1.165) is 6.07 Å². The number of hydrogen-bond acceptors (Lipinski definition) is 2. The molecule has 0 aliphatic rings. The Morgan fingerprint density at radius 2 is 1.57 bits per heavy atom. The second kappa shape index (κ2) is 3.91. The zero-order chi connectivity index (χ0) is 10.9. The van der Waals surface area contributed by atoms with Crippen LogP contribution in [0.2, 0.25) is 0 Å². The molecule has 1 aromatic rings. The van der Waals surface area contributed by atoms with Crippen molar-refractivity contribution < 1.29 is 24.2 Å². The maximum Gasteiger partial charge on any atom is 0.336 e. The largest absolute Gasteiger partial charge is 0.478 e. The van der Waals surface area contributed by atoms with E-state index in [-0.39, 0.29) is 3.57 Å². The molecule has 0 amide bonds. The molecule has 14 heavy (non-hydrogen) atoms. The van der Waals surface area contributed by atoms with Crippen LogP contribution in [0.4, 0.5) is 4.39 Å². The SMILES string of the molecule is O=C(O)c1cc(F)c(I)cc1C(=O)O. The Morgan fingerprint density at radius 3 is 2.00 bits per heavy atom. The van der Waals surface area contributed by atoms with Gasteiger partial charge in [0.2, 0.25) is 0 Å². The van der Waals surface area contributed by atoms with Crippen molar-refractivity contribution in [2.75, 3.05) is 0 Å². The van der Waals surface area contributed by atoms with Crippen molar-refractivity contribution >= 4 is 34.5 Å². The molecule has 2 N–H and O–H groups in total. The second-order valence-electron chi connectivity index (χ2n) is 2.42. The summed E-state index contributed by atoms with van der Waals surface area (Å²) in [6.45, 7) is 0. The number of rotatable bonds is 2. The van der Waals surface area contributed by atoms with E-state index in [2.05, 4.69) is 0 Å². The molecule has 0 radical (unpaired) electrons. The van der Waals surface area contributed by atoms with Crippen LogP contribution in [0, 0.1) is 9.39 Å². The van der Waals surface area contributed by atoms with Gasteiger partial charge in [-0.25, -0.2) is 14.0 Å². The van der Waals surface area contributed by atoms with Gasteiger partial charge in [-0.15, -0.1) is 0 Å². The summed E-state index contributed by atoms with van der Waals surface area (Å²) in [6, 6.07) is 1.69. The van der Waals surface area contributed by atoms with Gasteiger partial charge in [0.25, 0.3) is 0 Å². The molecule has 0 spiro atoms. The highest BCUT2D eigenvalue weighted by Crippen LogP contribution is 2.18. The molecule has 0 aliphatic heterocycles. The van der Waals surface area contributed by atoms with Crippen LogP contribution in [0.1, 0.15) is 20.7 Å². The Kier molecular flexibility index (Phi) is 3.04. The quantitative estimate of drug-likeness (QED) is 0.817. The number of halogens is 2. The third-order valence-corrected chi connectivity index (χ3v) is 2.35. The first-order chi connectivity index (χ1) is 6.43. The number of aromatic carboxylic acids is 2. The summed E-state index contributed by atoms with van der Waals surface area (Å²) >= 11 is 1.59. The number of benzene rings is 1.